The molecule has 3 aliphatic rings. The second-order valence-corrected chi connectivity index (χ2v) is 13.6. The lowest BCUT2D eigenvalue weighted by Gasteiger charge is -2.51. The Balaban J connectivity index is 1.41. The number of benzene rings is 3. The molecule has 56 heavy (non-hydrogen) atoms. The minimum absolute atomic E-state index is 0.0843. The molecule has 11 unspecified atom stereocenters. The van der Waals surface area contributed by atoms with Crippen molar-refractivity contribution in [2.75, 3.05) is 13.2 Å². The van der Waals surface area contributed by atoms with Gasteiger partial charge in [-0.05, 0) is 11.1 Å². The van der Waals surface area contributed by atoms with E-state index >= 15 is 0 Å². The summed E-state index contributed by atoms with van der Waals surface area (Å²) in [7, 11) is 0. The number of carbonyl (C=O) groups is 4. The Morgan fingerprint density at radius 2 is 1.23 bits per heavy atom. The van der Waals surface area contributed by atoms with Gasteiger partial charge in [-0.1, -0.05) is 91.0 Å². The first-order valence-corrected chi connectivity index (χ1v) is 18.4. The van der Waals surface area contributed by atoms with Gasteiger partial charge in [0.1, 0.15) is 43.2 Å². The Morgan fingerprint density at radius 1 is 0.643 bits per heavy atom. The summed E-state index contributed by atoms with van der Waals surface area (Å²) in [5.41, 5.74) is 2.49. The number of fused-ring (bicyclic) bond motifs is 1. The molecule has 15 heteroatoms. The van der Waals surface area contributed by atoms with Crippen molar-refractivity contribution in [3.8, 4) is 0 Å². The summed E-state index contributed by atoms with van der Waals surface area (Å²) in [5, 5.41) is 2.77. The molecular weight excluding hydrogens is 730 g/mol. The van der Waals surface area contributed by atoms with Crippen LogP contribution in [0.5, 0.6) is 0 Å². The molecule has 6 rings (SSSR count). The summed E-state index contributed by atoms with van der Waals surface area (Å²) in [4.78, 5) is 49.7. The van der Waals surface area contributed by atoms with Gasteiger partial charge < -0.3 is 52.7 Å². The molecule has 3 fully saturated rings. The Hall–Kier alpha value is -4.74. The van der Waals surface area contributed by atoms with E-state index in [1.54, 1.807) is 0 Å². The van der Waals surface area contributed by atoms with Gasteiger partial charge in [0.2, 0.25) is 5.91 Å². The zero-order chi connectivity index (χ0) is 39.6. The van der Waals surface area contributed by atoms with E-state index in [0.29, 0.717) is 0 Å². The van der Waals surface area contributed by atoms with Crippen LogP contribution in [0, 0.1) is 0 Å². The van der Waals surface area contributed by atoms with Crippen LogP contribution in [0.1, 0.15) is 50.7 Å². The molecule has 3 aliphatic heterocycles. The van der Waals surface area contributed by atoms with Gasteiger partial charge in [-0.3, -0.25) is 19.2 Å². The summed E-state index contributed by atoms with van der Waals surface area (Å²) in [5.74, 6) is -2.63. The van der Waals surface area contributed by atoms with Crippen LogP contribution < -0.4 is 5.32 Å². The van der Waals surface area contributed by atoms with Crippen molar-refractivity contribution in [3.63, 3.8) is 0 Å². The van der Waals surface area contributed by atoms with Gasteiger partial charge in [0.25, 0.3) is 0 Å². The average molecular weight is 778 g/mol. The minimum atomic E-state index is -1.43. The molecule has 0 spiro atoms. The fourth-order valence-corrected chi connectivity index (χ4v) is 6.87. The summed E-state index contributed by atoms with van der Waals surface area (Å²) in [6, 6.07) is 27.1. The first kappa shape index (κ1) is 40.9. The maximum absolute atomic E-state index is 12.8. The molecule has 0 bridgehead atoms. The number of esters is 3. The standard InChI is InChI=1S/C41H47NO14/c1-24(43)42-33-36(52-27(4)46)34(51-26(3)45)31(22-47-25(2)44)53-40(33)56-37-35-32(23-50-39(55-35)30-18-12-7-13-19-30)54-41(49-21-29-16-10-6-11-17-29)38(37)48-20-28-14-8-5-9-15-28/h5-19,31-41H,20-23H2,1-4H3,(H,42,43). The first-order valence-electron chi connectivity index (χ1n) is 18.4. The quantitative estimate of drug-likeness (QED) is 0.186. The third-order valence-electron chi connectivity index (χ3n) is 9.26. The molecule has 300 valence electrons. The molecule has 11 atom stereocenters. The molecule has 3 aromatic rings. The van der Waals surface area contributed by atoms with E-state index in [1.807, 2.05) is 91.0 Å². The van der Waals surface area contributed by atoms with E-state index in [-0.39, 0.29) is 19.8 Å². The Labute approximate surface area is 324 Å². The summed E-state index contributed by atoms with van der Waals surface area (Å²) in [6.45, 7) is 4.77. The Kier molecular flexibility index (Phi) is 14.2. The van der Waals surface area contributed by atoms with E-state index in [1.165, 1.54) is 27.7 Å². The van der Waals surface area contributed by atoms with Crippen molar-refractivity contribution >= 4 is 23.8 Å². The van der Waals surface area contributed by atoms with Gasteiger partial charge in [0, 0.05) is 33.3 Å². The molecule has 3 saturated heterocycles. The van der Waals surface area contributed by atoms with E-state index in [9.17, 15) is 19.2 Å². The zero-order valence-electron chi connectivity index (χ0n) is 31.6. The number of nitrogens with one attached hydrogen (secondary N) is 1. The van der Waals surface area contributed by atoms with Crippen LogP contribution in [-0.2, 0) is 79.8 Å². The Bertz CT molecular complexity index is 1750. The maximum Gasteiger partial charge on any atom is 0.303 e. The highest BCUT2D eigenvalue weighted by atomic mass is 16.8. The molecule has 3 heterocycles. The van der Waals surface area contributed by atoms with Crippen molar-refractivity contribution in [2.45, 2.75) is 109 Å². The number of amides is 1. The molecule has 15 nitrogen and oxygen atoms in total. The lowest BCUT2D eigenvalue weighted by Crippen LogP contribution is -2.69. The van der Waals surface area contributed by atoms with Crippen LogP contribution in [0.3, 0.4) is 0 Å². The molecular formula is C41H47NO14. The van der Waals surface area contributed by atoms with Crippen molar-refractivity contribution < 1.29 is 66.5 Å². The fraction of sp³-hybridized carbons (Fsp3) is 0.463. The van der Waals surface area contributed by atoms with Crippen LogP contribution >= 0.6 is 0 Å². The average Bonchev–Trinajstić information content (AvgIpc) is 3.18. The van der Waals surface area contributed by atoms with Gasteiger partial charge >= 0.3 is 17.9 Å². The molecule has 3 aromatic carbocycles. The van der Waals surface area contributed by atoms with Gasteiger partial charge in [-0.2, -0.15) is 0 Å². The number of carbonyl (C=O) groups excluding carboxylic acids is 4. The van der Waals surface area contributed by atoms with Crippen molar-refractivity contribution in [1.82, 2.24) is 5.32 Å². The third-order valence-corrected chi connectivity index (χ3v) is 9.26. The number of rotatable bonds is 14. The molecule has 0 radical (unpaired) electrons. The van der Waals surface area contributed by atoms with E-state index in [4.69, 9.17) is 47.4 Å². The van der Waals surface area contributed by atoms with Gasteiger partial charge in [-0.15, -0.1) is 0 Å². The molecule has 0 aliphatic carbocycles. The highest BCUT2D eigenvalue weighted by molar-refractivity contribution is 5.73. The summed E-state index contributed by atoms with van der Waals surface area (Å²) in [6.07, 6.45) is -10.8. The van der Waals surface area contributed by atoms with Gasteiger partial charge in [-0.25, -0.2) is 0 Å². The van der Waals surface area contributed by atoms with Crippen LogP contribution in [0.2, 0.25) is 0 Å². The second kappa shape index (κ2) is 19.4. The molecule has 1 N–H and O–H groups in total. The normalized spacial score (nSPS) is 30.0. The van der Waals surface area contributed by atoms with Crippen LogP contribution in [0.15, 0.2) is 91.0 Å². The summed E-state index contributed by atoms with van der Waals surface area (Å²) < 4.78 is 62.4. The van der Waals surface area contributed by atoms with Crippen molar-refractivity contribution in [3.05, 3.63) is 108 Å². The third kappa shape index (κ3) is 10.8. The summed E-state index contributed by atoms with van der Waals surface area (Å²) >= 11 is 0. The molecule has 1 amide bonds. The van der Waals surface area contributed by atoms with Gasteiger partial charge in [0.05, 0.1) is 19.8 Å². The van der Waals surface area contributed by atoms with Crippen molar-refractivity contribution in [1.29, 1.82) is 0 Å². The number of ether oxygens (including phenoxy) is 10. The van der Waals surface area contributed by atoms with Crippen LogP contribution in [0.4, 0.5) is 0 Å². The number of hydrogen-bond donors (Lipinski definition) is 1. The fourth-order valence-electron chi connectivity index (χ4n) is 6.87. The van der Waals surface area contributed by atoms with E-state index in [2.05, 4.69) is 5.32 Å². The number of hydrogen-bond acceptors (Lipinski definition) is 14. The van der Waals surface area contributed by atoms with Gasteiger partial charge in [0.15, 0.2) is 31.1 Å². The lowest BCUT2D eigenvalue weighted by atomic mass is 9.94. The molecule has 0 saturated carbocycles. The predicted octanol–water partition coefficient (Wildman–Crippen LogP) is 3.67. The monoisotopic (exact) mass is 777 g/mol. The topological polar surface area (TPSA) is 173 Å². The van der Waals surface area contributed by atoms with Crippen LogP contribution in [0.25, 0.3) is 0 Å². The zero-order valence-corrected chi connectivity index (χ0v) is 31.6. The second-order valence-electron chi connectivity index (χ2n) is 13.6. The van der Waals surface area contributed by atoms with Crippen LogP contribution in [-0.4, -0.2) is 98.4 Å². The van der Waals surface area contributed by atoms with Crippen molar-refractivity contribution in [2.24, 2.45) is 0 Å². The smallest absolute Gasteiger partial charge is 0.303 e. The maximum atomic E-state index is 12.8. The highest BCUT2D eigenvalue weighted by Gasteiger charge is 2.57. The Morgan fingerprint density at radius 3 is 1.82 bits per heavy atom. The van der Waals surface area contributed by atoms with E-state index in [0.717, 1.165) is 16.7 Å². The highest BCUT2D eigenvalue weighted by Crippen LogP contribution is 2.39. The predicted molar refractivity (Wildman–Crippen MR) is 194 cm³/mol. The largest absolute Gasteiger partial charge is 0.463 e. The van der Waals surface area contributed by atoms with E-state index < -0.39 is 98.1 Å². The SMILES string of the molecule is CC(=O)NC1C(OC2C3OC(c4ccccc4)OCC3OC(OCc3ccccc3)C2OCc2ccccc2)OC(COC(C)=O)C(OC(C)=O)C1OC(C)=O. The first-order chi connectivity index (χ1) is 27.0. The molecule has 0 aromatic heterocycles. The minimum Gasteiger partial charge on any atom is -0.463 e. The lowest BCUT2D eigenvalue weighted by molar-refractivity contribution is -0.392.